The number of nitro benzene ring substituents is 1. The van der Waals surface area contributed by atoms with Crippen molar-refractivity contribution in [2.45, 2.75) is 25.6 Å². The second-order valence-electron chi connectivity index (χ2n) is 4.24. The molecule has 5 nitrogen and oxygen atoms in total. The van der Waals surface area contributed by atoms with E-state index < -0.39 is 23.3 Å². The van der Waals surface area contributed by atoms with Crippen molar-refractivity contribution in [2.24, 2.45) is 0 Å². The number of rotatable bonds is 5. The average molecular weight is 322 g/mol. The minimum atomic E-state index is -1.36. The molecule has 18 heavy (non-hydrogen) atoms. The molecular formula is C11H13BrFNO4. The van der Waals surface area contributed by atoms with Gasteiger partial charge in [-0.3, -0.25) is 10.1 Å². The molecule has 0 radical (unpaired) electrons. The van der Waals surface area contributed by atoms with E-state index in [1.54, 1.807) is 0 Å². The fraction of sp³-hybridized carbons (Fsp3) is 0.455. The van der Waals surface area contributed by atoms with Gasteiger partial charge in [-0.15, -0.1) is 0 Å². The zero-order chi connectivity index (χ0) is 13.9. The van der Waals surface area contributed by atoms with E-state index in [2.05, 4.69) is 15.9 Å². The van der Waals surface area contributed by atoms with Crippen molar-refractivity contribution in [3.8, 4) is 5.75 Å². The second kappa shape index (κ2) is 5.62. The molecule has 1 aromatic rings. The number of aliphatic hydroxyl groups excluding tert-OH is 1. The number of hydrogen-bond acceptors (Lipinski definition) is 4. The van der Waals surface area contributed by atoms with E-state index in [1.807, 2.05) is 0 Å². The number of nitro groups is 1. The standard InChI is InChI=1S/C11H13BrFNO4/c1-11(2,10(15)6-13)18-9-5-7(12)3-4-8(9)14(16)17/h3-5,10,15H,6H2,1-2H3. The predicted molar refractivity (Wildman–Crippen MR) is 67.5 cm³/mol. The van der Waals surface area contributed by atoms with Crippen molar-refractivity contribution in [3.05, 3.63) is 32.8 Å². The first kappa shape index (κ1) is 14.8. The van der Waals surface area contributed by atoms with Gasteiger partial charge >= 0.3 is 5.69 Å². The lowest BCUT2D eigenvalue weighted by atomic mass is 10.0. The fourth-order valence-electron chi connectivity index (χ4n) is 1.26. The van der Waals surface area contributed by atoms with Gasteiger partial charge in [-0.25, -0.2) is 4.39 Å². The van der Waals surface area contributed by atoms with Gasteiger partial charge in [0.25, 0.3) is 0 Å². The maximum Gasteiger partial charge on any atom is 0.311 e. The third-order valence-corrected chi connectivity index (χ3v) is 2.93. The zero-order valence-corrected chi connectivity index (χ0v) is 11.5. The third-order valence-electron chi connectivity index (χ3n) is 2.44. The topological polar surface area (TPSA) is 72.6 Å². The SMILES string of the molecule is CC(C)(Oc1cc(Br)ccc1[N+](=O)[O-])C(O)CF. The van der Waals surface area contributed by atoms with Crippen molar-refractivity contribution >= 4 is 21.6 Å². The summed E-state index contributed by atoms with van der Waals surface area (Å²) < 4.78 is 18.4. The first-order valence-electron chi connectivity index (χ1n) is 5.15. The average Bonchev–Trinajstić information content (AvgIpc) is 2.26. The summed E-state index contributed by atoms with van der Waals surface area (Å²) in [6.45, 7) is 1.93. The van der Waals surface area contributed by atoms with E-state index in [9.17, 15) is 19.6 Å². The molecule has 1 atom stereocenters. The van der Waals surface area contributed by atoms with Gasteiger partial charge in [0.1, 0.15) is 18.4 Å². The summed E-state index contributed by atoms with van der Waals surface area (Å²) in [5.41, 5.74) is -1.50. The van der Waals surface area contributed by atoms with Crippen LogP contribution in [0.15, 0.2) is 22.7 Å². The molecule has 1 rings (SSSR count). The molecule has 0 aromatic heterocycles. The normalized spacial score (nSPS) is 13.2. The van der Waals surface area contributed by atoms with Crippen molar-refractivity contribution in [1.29, 1.82) is 0 Å². The Morgan fingerprint density at radius 2 is 2.22 bits per heavy atom. The fourth-order valence-corrected chi connectivity index (χ4v) is 1.60. The van der Waals surface area contributed by atoms with E-state index in [0.717, 1.165) is 0 Å². The Labute approximate surface area is 112 Å². The molecule has 0 aliphatic rings. The molecule has 0 amide bonds. The molecule has 0 saturated heterocycles. The molecule has 1 N–H and O–H groups in total. The largest absolute Gasteiger partial charge is 0.478 e. The quantitative estimate of drug-likeness (QED) is 0.668. The summed E-state index contributed by atoms with van der Waals surface area (Å²) in [4.78, 5) is 10.2. The van der Waals surface area contributed by atoms with E-state index >= 15 is 0 Å². The van der Waals surface area contributed by atoms with Crippen LogP contribution in [0.4, 0.5) is 10.1 Å². The van der Waals surface area contributed by atoms with Gasteiger partial charge in [-0.2, -0.15) is 0 Å². The number of benzene rings is 1. The highest BCUT2D eigenvalue weighted by molar-refractivity contribution is 9.10. The summed E-state index contributed by atoms with van der Waals surface area (Å²) in [6, 6.07) is 4.19. The minimum absolute atomic E-state index is 0.0214. The van der Waals surface area contributed by atoms with Crippen molar-refractivity contribution < 1.29 is 19.2 Å². The molecule has 0 aliphatic heterocycles. The van der Waals surface area contributed by atoms with Gasteiger partial charge in [-0.05, 0) is 19.9 Å². The van der Waals surface area contributed by atoms with Gasteiger partial charge in [0.2, 0.25) is 0 Å². The van der Waals surface area contributed by atoms with Gasteiger partial charge < -0.3 is 9.84 Å². The maximum atomic E-state index is 12.5. The summed E-state index contributed by atoms with van der Waals surface area (Å²) in [7, 11) is 0. The highest BCUT2D eigenvalue weighted by Gasteiger charge is 2.32. The summed E-state index contributed by atoms with van der Waals surface area (Å²) in [5, 5.41) is 20.3. The number of halogens is 2. The van der Waals surface area contributed by atoms with Crippen molar-refractivity contribution in [1.82, 2.24) is 0 Å². The number of hydrogen-bond donors (Lipinski definition) is 1. The molecule has 1 aromatic carbocycles. The molecule has 0 bridgehead atoms. The van der Waals surface area contributed by atoms with Crippen LogP contribution in [-0.4, -0.2) is 28.4 Å². The molecule has 0 saturated carbocycles. The first-order chi connectivity index (χ1) is 8.27. The van der Waals surface area contributed by atoms with Crippen LogP contribution in [-0.2, 0) is 0 Å². The van der Waals surface area contributed by atoms with E-state index in [-0.39, 0.29) is 11.4 Å². The Morgan fingerprint density at radius 1 is 1.61 bits per heavy atom. The van der Waals surface area contributed by atoms with Gasteiger partial charge in [-0.1, -0.05) is 15.9 Å². The highest BCUT2D eigenvalue weighted by Crippen LogP contribution is 2.33. The van der Waals surface area contributed by atoms with Crippen LogP contribution < -0.4 is 4.74 Å². The third kappa shape index (κ3) is 3.39. The second-order valence-corrected chi connectivity index (χ2v) is 5.16. The number of aliphatic hydroxyl groups is 1. The number of nitrogens with zero attached hydrogens (tertiary/aromatic N) is 1. The van der Waals surface area contributed by atoms with E-state index in [0.29, 0.717) is 4.47 Å². The zero-order valence-electron chi connectivity index (χ0n) is 9.89. The smallest absolute Gasteiger partial charge is 0.311 e. The monoisotopic (exact) mass is 321 g/mol. The van der Waals surface area contributed by atoms with Crippen LogP contribution >= 0.6 is 15.9 Å². The van der Waals surface area contributed by atoms with Crippen LogP contribution in [0.1, 0.15) is 13.8 Å². The van der Waals surface area contributed by atoms with Crippen molar-refractivity contribution in [2.75, 3.05) is 6.67 Å². The molecule has 0 fully saturated rings. The van der Waals surface area contributed by atoms with E-state index in [4.69, 9.17) is 4.74 Å². The first-order valence-corrected chi connectivity index (χ1v) is 5.94. The highest BCUT2D eigenvalue weighted by atomic mass is 79.9. The Balaban J connectivity index is 3.10. The van der Waals surface area contributed by atoms with Gasteiger partial charge in [0.15, 0.2) is 5.75 Å². The molecule has 0 heterocycles. The Morgan fingerprint density at radius 3 is 2.72 bits per heavy atom. The van der Waals surface area contributed by atoms with Crippen LogP contribution in [0, 0.1) is 10.1 Å². The lowest BCUT2D eigenvalue weighted by molar-refractivity contribution is -0.386. The number of ether oxygens (including phenoxy) is 1. The van der Waals surface area contributed by atoms with Crippen LogP contribution in [0.2, 0.25) is 0 Å². The van der Waals surface area contributed by atoms with Crippen LogP contribution in [0.25, 0.3) is 0 Å². The van der Waals surface area contributed by atoms with Crippen LogP contribution in [0.3, 0.4) is 0 Å². The molecular weight excluding hydrogens is 309 g/mol. The maximum absolute atomic E-state index is 12.5. The van der Waals surface area contributed by atoms with Crippen LogP contribution in [0.5, 0.6) is 5.75 Å². The molecule has 0 aliphatic carbocycles. The summed E-state index contributed by atoms with van der Waals surface area (Å²) in [5.74, 6) is -0.0214. The molecule has 100 valence electrons. The Bertz CT molecular complexity index is 453. The number of alkyl halides is 1. The van der Waals surface area contributed by atoms with E-state index in [1.165, 1.54) is 32.0 Å². The molecule has 1 unspecified atom stereocenters. The lowest BCUT2D eigenvalue weighted by Crippen LogP contribution is -2.43. The Hall–Kier alpha value is -1.21. The summed E-state index contributed by atoms with van der Waals surface area (Å²) in [6.07, 6.45) is -1.36. The van der Waals surface area contributed by atoms with Crippen molar-refractivity contribution in [3.63, 3.8) is 0 Å². The van der Waals surface area contributed by atoms with Gasteiger partial charge in [0, 0.05) is 16.6 Å². The minimum Gasteiger partial charge on any atom is -0.478 e. The van der Waals surface area contributed by atoms with Gasteiger partial charge in [0.05, 0.1) is 4.92 Å². The Kier molecular flexibility index (Phi) is 4.64. The lowest BCUT2D eigenvalue weighted by Gasteiger charge is -2.29. The predicted octanol–water partition coefficient (Wildman–Crippen LogP) is 2.85. The molecule has 7 heteroatoms. The summed E-state index contributed by atoms with van der Waals surface area (Å²) >= 11 is 3.17. The molecule has 0 spiro atoms.